The predicted molar refractivity (Wildman–Crippen MR) is 85.9 cm³/mol. The van der Waals surface area contributed by atoms with Gasteiger partial charge in [0.1, 0.15) is 11.7 Å². The predicted octanol–water partition coefficient (Wildman–Crippen LogP) is 2.09. The van der Waals surface area contributed by atoms with Gasteiger partial charge in [0.15, 0.2) is 0 Å². The summed E-state index contributed by atoms with van der Waals surface area (Å²) < 4.78 is 45.0. The summed E-state index contributed by atoms with van der Waals surface area (Å²) in [6.07, 6.45) is -1.94. The lowest BCUT2D eigenvalue weighted by molar-refractivity contribution is -0.137. The first-order chi connectivity index (χ1) is 12.3. The first-order valence-electron chi connectivity index (χ1n) is 7.90. The number of ether oxygens (including phenoxy) is 1. The highest BCUT2D eigenvalue weighted by Gasteiger charge is 2.33. The number of hydrogen-bond acceptors (Lipinski definition) is 4. The van der Waals surface area contributed by atoms with Crippen LogP contribution in [0.15, 0.2) is 41.5 Å². The van der Waals surface area contributed by atoms with Crippen molar-refractivity contribution in [2.75, 3.05) is 13.1 Å². The van der Waals surface area contributed by atoms with E-state index in [9.17, 15) is 22.8 Å². The second kappa shape index (κ2) is 6.81. The van der Waals surface area contributed by atoms with E-state index in [1.54, 1.807) is 19.3 Å². The Kier molecular flexibility index (Phi) is 4.71. The van der Waals surface area contributed by atoms with Crippen LogP contribution in [0.2, 0.25) is 0 Å². The number of nitrogens with zero attached hydrogens (tertiary/aromatic N) is 3. The molecule has 0 N–H and O–H groups in total. The molecular formula is C17H16F3N3O3. The number of alkyl halides is 3. The molecule has 0 bridgehead atoms. The van der Waals surface area contributed by atoms with E-state index in [0.717, 1.165) is 18.3 Å². The van der Waals surface area contributed by atoms with Crippen molar-refractivity contribution >= 4 is 5.91 Å². The zero-order valence-electron chi connectivity index (χ0n) is 13.9. The Bertz CT molecular complexity index is 879. The maximum absolute atomic E-state index is 12.7. The fourth-order valence-corrected chi connectivity index (χ4v) is 2.76. The van der Waals surface area contributed by atoms with E-state index in [4.69, 9.17) is 4.74 Å². The molecule has 2 aromatic rings. The minimum absolute atomic E-state index is 0.0489. The Balaban J connectivity index is 1.69. The summed E-state index contributed by atoms with van der Waals surface area (Å²) in [6, 6.07) is 4.75. The summed E-state index contributed by atoms with van der Waals surface area (Å²) in [5.74, 6) is -0.566. The van der Waals surface area contributed by atoms with Gasteiger partial charge in [-0.15, -0.1) is 0 Å². The van der Waals surface area contributed by atoms with Crippen molar-refractivity contribution in [1.29, 1.82) is 0 Å². The average Bonchev–Trinajstić information content (AvgIpc) is 3.05. The molecule has 1 atom stereocenters. The van der Waals surface area contributed by atoms with Crippen LogP contribution in [-0.4, -0.2) is 39.6 Å². The van der Waals surface area contributed by atoms with Crippen molar-refractivity contribution in [3.63, 3.8) is 0 Å². The maximum Gasteiger partial charge on any atom is 0.416 e. The van der Waals surface area contributed by atoms with Gasteiger partial charge in [-0.1, -0.05) is 0 Å². The maximum atomic E-state index is 12.7. The van der Waals surface area contributed by atoms with Gasteiger partial charge in [0.25, 0.3) is 11.5 Å². The van der Waals surface area contributed by atoms with Crippen LogP contribution in [0.3, 0.4) is 0 Å². The Hall–Kier alpha value is -2.84. The molecular weight excluding hydrogens is 351 g/mol. The molecule has 0 saturated carbocycles. The molecule has 1 saturated heterocycles. The van der Waals surface area contributed by atoms with Gasteiger partial charge < -0.3 is 14.2 Å². The number of amides is 1. The minimum atomic E-state index is -4.48. The zero-order valence-corrected chi connectivity index (χ0v) is 13.9. The van der Waals surface area contributed by atoms with Gasteiger partial charge in [-0.05, 0) is 18.2 Å². The number of pyridine rings is 2. The highest BCUT2D eigenvalue weighted by molar-refractivity contribution is 5.94. The molecule has 0 radical (unpaired) electrons. The number of rotatable bonds is 3. The summed E-state index contributed by atoms with van der Waals surface area (Å²) in [5.41, 5.74) is -1.20. The molecule has 3 heterocycles. The van der Waals surface area contributed by atoms with Gasteiger partial charge in [0, 0.05) is 38.5 Å². The number of hydrogen-bond donors (Lipinski definition) is 0. The first-order valence-corrected chi connectivity index (χ1v) is 7.90. The minimum Gasteiger partial charge on any atom is -0.472 e. The second-order valence-electron chi connectivity index (χ2n) is 6.00. The van der Waals surface area contributed by atoms with E-state index in [1.165, 1.54) is 15.5 Å². The first kappa shape index (κ1) is 18.0. The number of halogens is 3. The number of carbonyl (C=O) groups is 1. The molecule has 1 amide bonds. The van der Waals surface area contributed by atoms with Crippen LogP contribution in [-0.2, 0) is 13.2 Å². The Morgan fingerprint density at radius 3 is 2.85 bits per heavy atom. The fourth-order valence-electron chi connectivity index (χ4n) is 2.76. The number of likely N-dealkylation sites (tertiary alicyclic amines) is 1. The van der Waals surface area contributed by atoms with Crippen LogP contribution in [0.1, 0.15) is 22.3 Å². The third-order valence-electron chi connectivity index (χ3n) is 4.14. The van der Waals surface area contributed by atoms with Gasteiger partial charge in [0.2, 0.25) is 5.88 Å². The van der Waals surface area contributed by atoms with Gasteiger partial charge in [0.05, 0.1) is 12.1 Å². The molecule has 0 aliphatic carbocycles. The number of carbonyl (C=O) groups excluding carboxylic acids is 1. The molecule has 6 nitrogen and oxygen atoms in total. The van der Waals surface area contributed by atoms with Crippen LogP contribution >= 0.6 is 0 Å². The molecule has 1 fully saturated rings. The Morgan fingerprint density at radius 2 is 2.12 bits per heavy atom. The quantitative estimate of drug-likeness (QED) is 0.833. The molecule has 1 aliphatic rings. The van der Waals surface area contributed by atoms with Crippen LogP contribution in [0.4, 0.5) is 13.2 Å². The molecule has 3 rings (SSSR count). The Morgan fingerprint density at radius 1 is 1.35 bits per heavy atom. The van der Waals surface area contributed by atoms with Crippen LogP contribution in [0.25, 0.3) is 0 Å². The average molecular weight is 367 g/mol. The summed E-state index contributed by atoms with van der Waals surface area (Å²) in [6.45, 7) is 0.523. The summed E-state index contributed by atoms with van der Waals surface area (Å²) in [5, 5.41) is 0. The smallest absolute Gasteiger partial charge is 0.416 e. The monoisotopic (exact) mass is 367 g/mol. The molecule has 0 spiro atoms. The zero-order chi connectivity index (χ0) is 18.9. The lowest BCUT2D eigenvalue weighted by atomic mass is 10.2. The molecule has 2 aromatic heterocycles. The van der Waals surface area contributed by atoms with E-state index in [1.807, 2.05) is 0 Å². The Labute approximate surface area is 146 Å². The van der Waals surface area contributed by atoms with Crippen molar-refractivity contribution in [3.05, 3.63) is 58.1 Å². The van der Waals surface area contributed by atoms with Crippen molar-refractivity contribution in [3.8, 4) is 5.88 Å². The van der Waals surface area contributed by atoms with Gasteiger partial charge in [-0.25, -0.2) is 4.98 Å². The molecule has 1 unspecified atom stereocenters. The van der Waals surface area contributed by atoms with Crippen molar-refractivity contribution in [2.24, 2.45) is 7.05 Å². The topological polar surface area (TPSA) is 64.4 Å². The van der Waals surface area contributed by atoms with Crippen LogP contribution in [0.5, 0.6) is 5.88 Å². The number of aryl methyl sites for hydroxylation is 1. The number of aromatic nitrogens is 2. The normalized spacial score (nSPS) is 17.4. The van der Waals surface area contributed by atoms with Crippen molar-refractivity contribution in [2.45, 2.75) is 18.7 Å². The third kappa shape index (κ3) is 3.71. The van der Waals surface area contributed by atoms with E-state index in [-0.39, 0.29) is 18.0 Å². The lowest BCUT2D eigenvalue weighted by Gasteiger charge is -2.17. The van der Waals surface area contributed by atoms with E-state index in [0.29, 0.717) is 13.0 Å². The molecule has 138 valence electrons. The highest BCUT2D eigenvalue weighted by atomic mass is 19.4. The molecule has 9 heteroatoms. The summed E-state index contributed by atoms with van der Waals surface area (Å²) >= 11 is 0. The second-order valence-corrected chi connectivity index (χ2v) is 6.00. The highest BCUT2D eigenvalue weighted by Crippen LogP contribution is 2.31. The SMILES string of the molecule is Cn1cccc(C(=O)N2CCC(Oc3cc(C(F)(F)F)ccn3)C2)c1=O. The van der Waals surface area contributed by atoms with Gasteiger partial charge in [-0.3, -0.25) is 9.59 Å². The molecule has 1 aliphatic heterocycles. The van der Waals surface area contributed by atoms with Gasteiger partial charge >= 0.3 is 6.18 Å². The van der Waals surface area contributed by atoms with Crippen LogP contribution in [0, 0.1) is 0 Å². The fraction of sp³-hybridized carbons (Fsp3) is 0.353. The third-order valence-corrected chi connectivity index (χ3v) is 4.14. The van der Waals surface area contributed by atoms with E-state index >= 15 is 0 Å². The van der Waals surface area contributed by atoms with Crippen molar-refractivity contribution in [1.82, 2.24) is 14.5 Å². The molecule has 26 heavy (non-hydrogen) atoms. The van der Waals surface area contributed by atoms with Crippen LogP contribution < -0.4 is 10.3 Å². The summed E-state index contributed by atoms with van der Waals surface area (Å²) in [7, 11) is 1.55. The summed E-state index contributed by atoms with van der Waals surface area (Å²) in [4.78, 5) is 29.8. The van der Waals surface area contributed by atoms with E-state index in [2.05, 4.69) is 4.98 Å². The standard InChI is InChI=1S/C17H16F3N3O3/c1-22-7-2-3-13(15(22)24)16(25)23-8-5-12(10-23)26-14-9-11(4-6-21-14)17(18,19)20/h2-4,6-7,9,12H,5,8,10H2,1H3. The largest absolute Gasteiger partial charge is 0.472 e. The van der Waals surface area contributed by atoms with Crippen molar-refractivity contribution < 1.29 is 22.7 Å². The molecule has 0 aromatic carbocycles. The van der Waals surface area contributed by atoms with E-state index < -0.39 is 29.3 Å². The van der Waals surface area contributed by atoms with Gasteiger partial charge in [-0.2, -0.15) is 13.2 Å². The lowest BCUT2D eigenvalue weighted by Crippen LogP contribution is -2.35.